The molecule has 1 aliphatic heterocycles. The van der Waals surface area contributed by atoms with Crippen LogP contribution in [0.1, 0.15) is 28.4 Å². The van der Waals surface area contributed by atoms with Crippen LogP contribution in [0.2, 0.25) is 5.02 Å². The maximum atomic E-state index is 13.0. The Balaban J connectivity index is 1.72. The van der Waals surface area contributed by atoms with Gasteiger partial charge in [0.1, 0.15) is 12.3 Å². The van der Waals surface area contributed by atoms with Crippen molar-refractivity contribution in [2.75, 3.05) is 19.7 Å². The van der Waals surface area contributed by atoms with Crippen molar-refractivity contribution in [3.8, 4) is 0 Å². The maximum absolute atomic E-state index is 13.0. The number of hydrazone groups is 1. The Bertz CT molecular complexity index is 1280. The molecular weight excluding hydrogens is 480 g/mol. The zero-order valence-corrected chi connectivity index (χ0v) is 20.4. The lowest BCUT2D eigenvalue weighted by Gasteiger charge is -2.26. The highest BCUT2D eigenvalue weighted by atomic mass is 35.5. The average molecular weight is 505 g/mol. The Morgan fingerprint density at radius 2 is 1.69 bits per heavy atom. The van der Waals surface area contributed by atoms with Crippen LogP contribution in [-0.4, -0.2) is 53.4 Å². The summed E-state index contributed by atoms with van der Waals surface area (Å²) in [5.41, 5.74) is 0.564. The van der Waals surface area contributed by atoms with Crippen molar-refractivity contribution >= 4 is 35.1 Å². The molecule has 1 heterocycles. The van der Waals surface area contributed by atoms with E-state index in [4.69, 9.17) is 16.3 Å². The quantitative estimate of drug-likeness (QED) is 0.303. The van der Waals surface area contributed by atoms with Gasteiger partial charge in [0.15, 0.2) is 5.60 Å². The lowest BCUT2D eigenvalue weighted by Crippen LogP contribution is -2.45. The van der Waals surface area contributed by atoms with Crippen molar-refractivity contribution in [1.29, 1.82) is 0 Å². The molecule has 1 amide bonds. The molecule has 3 aromatic rings. The maximum Gasteiger partial charge on any atom is 0.327 e. The second-order valence-corrected chi connectivity index (χ2v) is 8.44. The Hall–Kier alpha value is -4.01. The van der Waals surface area contributed by atoms with Gasteiger partial charge in [-0.15, -0.1) is 0 Å². The number of halogens is 1. The molecule has 4 rings (SSSR count). The number of rotatable bonds is 6. The number of hydrogen-bond donors (Lipinski definition) is 2. The number of ether oxygens (including phenoxy) is 1. The van der Waals surface area contributed by atoms with Gasteiger partial charge in [-0.1, -0.05) is 72.3 Å². The molecule has 0 fully saturated rings. The SMILES string of the molecule is CCOC(=O)CN=C(NC(=O)c1ccc(Cl)cc1)N1CC(O)(c2ccccc2)C(c2ccccc2)=N1. The minimum absolute atomic E-state index is 0.00305. The smallest absolute Gasteiger partial charge is 0.327 e. The van der Waals surface area contributed by atoms with E-state index in [0.717, 1.165) is 0 Å². The molecule has 0 radical (unpaired) electrons. The molecule has 184 valence electrons. The van der Waals surface area contributed by atoms with Crippen molar-refractivity contribution in [1.82, 2.24) is 10.3 Å². The molecule has 0 aliphatic carbocycles. The van der Waals surface area contributed by atoms with Gasteiger partial charge < -0.3 is 9.84 Å². The summed E-state index contributed by atoms with van der Waals surface area (Å²) in [7, 11) is 0. The third kappa shape index (κ3) is 5.62. The van der Waals surface area contributed by atoms with Crippen molar-refractivity contribution < 1.29 is 19.4 Å². The van der Waals surface area contributed by atoms with Gasteiger partial charge in [0.25, 0.3) is 5.91 Å². The number of carbonyl (C=O) groups excluding carboxylic acids is 2. The van der Waals surface area contributed by atoms with E-state index in [1.54, 1.807) is 31.2 Å². The van der Waals surface area contributed by atoms with Gasteiger partial charge in [-0.2, -0.15) is 5.10 Å². The first-order chi connectivity index (χ1) is 17.4. The second kappa shape index (κ2) is 11.2. The Kier molecular flexibility index (Phi) is 7.77. The molecular formula is C27H25ClN4O4. The highest BCUT2D eigenvalue weighted by Gasteiger charge is 2.44. The zero-order valence-electron chi connectivity index (χ0n) is 19.6. The number of aliphatic hydroxyl groups is 1. The molecule has 36 heavy (non-hydrogen) atoms. The van der Waals surface area contributed by atoms with Crippen LogP contribution < -0.4 is 5.32 Å². The van der Waals surface area contributed by atoms with Crippen LogP contribution in [0.3, 0.4) is 0 Å². The number of hydrogen-bond acceptors (Lipinski definition) is 6. The van der Waals surface area contributed by atoms with Gasteiger partial charge in [0.05, 0.1) is 13.2 Å². The number of nitrogens with zero attached hydrogens (tertiary/aromatic N) is 3. The molecule has 8 nitrogen and oxygen atoms in total. The number of aliphatic imine (C=N–C) groups is 1. The predicted molar refractivity (Wildman–Crippen MR) is 138 cm³/mol. The number of guanidine groups is 1. The monoisotopic (exact) mass is 504 g/mol. The van der Waals surface area contributed by atoms with Gasteiger partial charge in [-0.3, -0.25) is 14.9 Å². The molecule has 0 spiro atoms. The van der Waals surface area contributed by atoms with Gasteiger partial charge in [-0.25, -0.2) is 10.0 Å². The highest BCUT2D eigenvalue weighted by Crippen LogP contribution is 2.33. The molecule has 1 atom stereocenters. The van der Waals surface area contributed by atoms with Crippen molar-refractivity contribution in [2.45, 2.75) is 12.5 Å². The minimum Gasteiger partial charge on any atom is -0.465 e. The molecule has 0 saturated carbocycles. The fraction of sp³-hybridized carbons (Fsp3) is 0.185. The molecule has 0 saturated heterocycles. The van der Waals surface area contributed by atoms with E-state index >= 15 is 0 Å². The zero-order chi connectivity index (χ0) is 25.5. The summed E-state index contributed by atoms with van der Waals surface area (Å²) in [4.78, 5) is 29.3. The Labute approximate surface area is 213 Å². The third-order valence-corrected chi connectivity index (χ3v) is 5.78. The minimum atomic E-state index is -1.50. The van der Waals surface area contributed by atoms with Crippen LogP contribution in [0.25, 0.3) is 0 Å². The van der Waals surface area contributed by atoms with Gasteiger partial charge in [0.2, 0.25) is 5.96 Å². The number of esters is 1. The van der Waals surface area contributed by atoms with Crippen LogP contribution in [0.4, 0.5) is 0 Å². The van der Waals surface area contributed by atoms with Gasteiger partial charge in [0, 0.05) is 16.1 Å². The topological polar surface area (TPSA) is 104 Å². The van der Waals surface area contributed by atoms with Gasteiger partial charge in [-0.05, 0) is 36.8 Å². The summed E-state index contributed by atoms with van der Waals surface area (Å²) in [6.07, 6.45) is 0. The third-order valence-electron chi connectivity index (χ3n) is 5.53. The first-order valence-corrected chi connectivity index (χ1v) is 11.8. The lowest BCUT2D eigenvalue weighted by atomic mass is 9.86. The lowest BCUT2D eigenvalue weighted by molar-refractivity contribution is -0.141. The molecule has 2 N–H and O–H groups in total. The summed E-state index contributed by atoms with van der Waals surface area (Å²) >= 11 is 5.94. The van der Waals surface area contributed by atoms with Crippen LogP contribution in [0.5, 0.6) is 0 Å². The van der Waals surface area contributed by atoms with Crippen molar-refractivity contribution in [2.24, 2.45) is 10.1 Å². The number of nitrogens with one attached hydrogen (secondary N) is 1. The van der Waals surface area contributed by atoms with Gasteiger partial charge >= 0.3 is 5.97 Å². The van der Waals surface area contributed by atoms with E-state index in [-0.39, 0.29) is 25.7 Å². The van der Waals surface area contributed by atoms with Crippen LogP contribution in [0, 0.1) is 0 Å². The Morgan fingerprint density at radius 1 is 1.06 bits per heavy atom. The Morgan fingerprint density at radius 3 is 2.33 bits per heavy atom. The van der Waals surface area contributed by atoms with Crippen molar-refractivity contribution in [3.05, 3.63) is 107 Å². The highest BCUT2D eigenvalue weighted by molar-refractivity contribution is 6.30. The van der Waals surface area contributed by atoms with E-state index < -0.39 is 17.5 Å². The van der Waals surface area contributed by atoms with E-state index in [2.05, 4.69) is 15.4 Å². The molecule has 3 aromatic carbocycles. The summed E-state index contributed by atoms with van der Waals surface area (Å²) in [5.74, 6) is -1.02. The standard InChI is InChI=1S/C27H25ClN4O4/c1-2-36-23(33)17-29-26(30-25(34)20-13-15-22(28)16-14-20)32-18-27(35,21-11-7-4-8-12-21)24(31-32)19-9-5-3-6-10-19/h3-16,35H,2,17-18H2,1H3,(H,29,30,34). The number of amides is 1. The molecule has 1 unspecified atom stereocenters. The summed E-state index contributed by atoms with van der Waals surface area (Å²) in [6, 6.07) is 24.7. The number of benzene rings is 3. The number of carbonyl (C=O) groups is 2. The second-order valence-electron chi connectivity index (χ2n) is 8.00. The van der Waals surface area contributed by atoms with Crippen LogP contribution in [0.15, 0.2) is 95.0 Å². The summed E-state index contributed by atoms with van der Waals surface area (Å²) in [6.45, 7) is 1.53. The fourth-order valence-corrected chi connectivity index (χ4v) is 3.92. The molecule has 0 aromatic heterocycles. The predicted octanol–water partition coefficient (Wildman–Crippen LogP) is 3.60. The number of β-amino-alcohol motifs (C(OH)–C–C–N with tert-alkyl or cyclic N) is 1. The molecule has 1 aliphatic rings. The first-order valence-electron chi connectivity index (χ1n) is 11.4. The molecule has 0 bridgehead atoms. The van der Waals surface area contributed by atoms with Crippen LogP contribution >= 0.6 is 11.6 Å². The summed E-state index contributed by atoms with van der Waals surface area (Å²) in [5, 5.41) is 21.2. The normalized spacial score (nSPS) is 17.5. The van der Waals surface area contributed by atoms with E-state index in [1.807, 2.05) is 60.7 Å². The molecule has 9 heteroatoms. The van der Waals surface area contributed by atoms with E-state index in [9.17, 15) is 14.7 Å². The first kappa shape index (κ1) is 25.1. The van der Waals surface area contributed by atoms with Crippen LogP contribution in [-0.2, 0) is 15.1 Å². The largest absolute Gasteiger partial charge is 0.465 e. The average Bonchev–Trinajstić information content (AvgIpc) is 3.26. The summed E-state index contributed by atoms with van der Waals surface area (Å²) < 4.78 is 4.98. The van der Waals surface area contributed by atoms with E-state index in [1.165, 1.54) is 5.01 Å². The van der Waals surface area contributed by atoms with Crippen molar-refractivity contribution in [3.63, 3.8) is 0 Å². The van der Waals surface area contributed by atoms with E-state index in [0.29, 0.717) is 27.4 Å². The fourth-order valence-electron chi connectivity index (χ4n) is 3.79.